The van der Waals surface area contributed by atoms with E-state index < -0.39 is 5.97 Å². The molecule has 4 heteroatoms. The molecule has 3 aromatic carbocycles. The quantitative estimate of drug-likeness (QED) is 0.547. The molecule has 4 rings (SSSR count). The van der Waals surface area contributed by atoms with Crippen LogP contribution in [0.25, 0.3) is 28.2 Å². The van der Waals surface area contributed by atoms with Crippen molar-refractivity contribution in [2.24, 2.45) is 0 Å². The number of nitrogens with zero attached hydrogens (tertiary/aromatic N) is 2. The van der Waals surface area contributed by atoms with Gasteiger partial charge in [-0.25, -0.2) is 9.48 Å². The number of carboxylic acid groups (broad SMARTS) is 1. The van der Waals surface area contributed by atoms with E-state index in [-0.39, 0.29) is 5.56 Å². The lowest BCUT2D eigenvalue weighted by Gasteiger charge is -2.09. The molecule has 1 heterocycles. The van der Waals surface area contributed by atoms with Crippen LogP contribution >= 0.6 is 0 Å². The highest BCUT2D eigenvalue weighted by Crippen LogP contribution is 2.31. The number of aryl methyl sites for hydroxylation is 1. The van der Waals surface area contributed by atoms with Crippen LogP contribution in [0, 0.1) is 6.92 Å². The number of benzene rings is 3. The second-order valence-electron chi connectivity index (χ2n) is 6.38. The third-order valence-electron chi connectivity index (χ3n) is 4.49. The zero-order chi connectivity index (χ0) is 18.8. The summed E-state index contributed by atoms with van der Waals surface area (Å²) in [5.74, 6) is -0.955. The molecule has 0 amide bonds. The predicted octanol–water partition coefficient (Wildman–Crippen LogP) is 5.21. The van der Waals surface area contributed by atoms with Crippen molar-refractivity contribution in [2.45, 2.75) is 6.92 Å². The fraction of sp³-hybridized carbons (Fsp3) is 0.0435. The Bertz CT molecular complexity index is 1100. The molecule has 0 aliphatic heterocycles. The molecule has 4 nitrogen and oxygen atoms in total. The normalized spacial score (nSPS) is 10.7. The number of hydrogen-bond acceptors (Lipinski definition) is 2. The fourth-order valence-corrected chi connectivity index (χ4v) is 3.10. The predicted molar refractivity (Wildman–Crippen MR) is 106 cm³/mol. The number of aromatic carboxylic acids is 1. The summed E-state index contributed by atoms with van der Waals surface area (Å²) in [5.41, 5.74) is 5.49. The van der Waals surface area contributed by atoms with Crippen LogP contribution in [0.2, 0.25) is 0 Å². The molecule has 0 radical (unpaired) electrons. The highest BCUT2D eigenvalue weighted by Gasteiger charge is 2.18. The maximum absolute atomic E-state index is 11.7. The number of carbonyl (C=O) groups is 1. The number of carboxylic acids is 1. The third kappa shape index (κ3) is 3.25. The van der Waals surface area contributed by atoms with Gasteiger partial charge in [-0.2, -0.15) is 5.10 Å². The summed E-state index contributed by atoms with van der Waals surface area (Å²) in [4.78, 5) is 11.7. The second-order valence-corrected chi connectivity index (χ2v) is 6.38. The molecule has 0 unspecified atom stereocenters. The molecule has 4 aromatic rings. The molecule has 0 fully saturated rings. The Morgan fingerprint density at radius 1 is 0.889 bits per heavy atom. The first-order valence-corrected chi connectivity index (χ1v) is 8.69. The van der Waals surface area contributed by atoms with Gasteiger partial charge in [0.25, 0.3) is 0 Å². The van der Waals surface area contributed by atoms with Crippen molar-refractivity contribution in [1.29, 1.82) is 0 Å². The minimum atomic E-state index is -0.955. The molecule has 0 bridgehead atoms. The summed E-state index contributed by atoms with van der Waals surface area (Å²) < 4.78 is 1.80. The Kier molecular flexibility index (Phi) is 4.30. The zero-order valence-electron chi connectivity index (χ0n) is 14.8. The summed E-state index contributed by atoms with van der Waals surface area (Å²) in [6, 6.07) is 26.8. The second kappa shape index (κ2) is 6.92. The average Bonchev–Trinajstić information content (AvgIpc) is 3.14. The highest BCUT2D eigenvalue weighted by atomic mass is 16.4. The Morgan fingerprint density at radius 3 is 2.26 bits per heavy atom. The van der Waals surface area contributed by atoms with E-state index in [0.29, 0.717) is 5.56 Å². The molecular formula is C23H18N2O2. The van der Waals surface area contributed by atoms with E-state index in [1.165, 1.54) is 5.56 Å². The SMILES string of the molecule is Cc1ccc(-c2cc(-c3ccccc3C(=O)O)n(-c3ccccc3)n2)cc1. The van der Waals surface area contributed by atoms with Gasteiger partial charge in [-0.15, -0.1) is 0 Å². The minimum Gasteiger partial charge on any atom is -0.478 e. The van der Waals surface area contributed by atoms with E-state index in [4.69, 9.17) is 5.10 Å². The van der Waals surface area contributed by atoms with Gasteiger partial charge in [0.1, 0.15) is 0 Å². The van der Waals surface area contributed by atoms with Gasteiger partial charge in [0.05, 0.1) is 22.6 Å². The molecule has 0 atom stereocenters. The van der Waals surface area contributed by atoms with Gasteiger partial charge in [-0.05, 0) is 31.2 Å². The maximum Gasteiger partial charge on any atom is 0.336 e. The van der Waals surface area contributed by atoms with Crippen molar-refractivity contribution in [1.82, 2.24) is 9.78 Å². The number of hydrogen-bond donors (Lipinski definition) is 1. The van der Waals surface area contributed by atoms with E-state index in [9.17, 15) is 9.90 Å². The van der Waals surface area contributed by atoms with Gasteiger partial charge < -0.3 is 5.11 Å². The first-order chi connectivity index (χ1) is 13.1. The lowest BCUT2D eigenvalue weighted by molar-refractivity contribution is 0.0697. The standard InChI is InChI=1S/C23H18N2O2/c1-16-11-13-17(14-12-16)21-15-22(19-9-5-6-10-20(19)23(26)27)25(24-21)18-7-3-2-4-8-18/h2-15H,1H3,(H,26,27). The van der Waals surface area contributed by atoms with Crippen molar-refractivity contribution in [2.75, 3.05) is 0 Å². The molecule has 1 N–H and O–H groups in total. The van der Waals surface area contributed by atoms with Crippen LogP contribution in [0.1, 0.15) is 15.9 Å². The largest absolute Gasteiger partial charge is 0.478 e. The van der Waals surface area contributed by atoms with Crippen LogP contribution in [0.3, 0.4) is 0 Å². The summed E-state index contributed by atoms with van der Waals surface area (Å²) in [6.45, 7) is 2.04. The monoisotopic (exact) mass is 354 g/mol. The van der Waals surface area contributed by atoms with Crippen molar-refractivity contribution < 1.29 is 9.90 Å². The zero-order valence-corrected chi connectivity index (χ0v) is 14.8. The van der Waals surface area contributed by atoms with Crippen LogP contribution in [0.5, 0.6) is 0 Å². The Balaban J connectivity index is 1.95. The van der Waals surface area contributed by atoms with E-state index in [2.05, 4.69) is 0 Å². The van der Waals surface area contributed by atoms with Crippen molar-refractivity contribution in [3.05, 3.63) is 96.1 Å². The molecule has 0 spiro atoms. The Morgan fingerprint density at radius 2 is 1.56 bits per heavy atom. The molecule has 132 valence electrons. The van der Waals surface area contributed by atoms with Gasteiger partial charge >= 0.3 is 5.97 Å². The summed E-state index contributed by atoms with van der Waals surface area (Å²) in [6.07, 6.45) is 0. The van der Waals surface area contributed by atoms with Crippen LogP contribution in [0.15, 0.2) is 84.9 Å². The Hall–Kier alpha value is -3.66. The maximum atomic E-state index is 11.7. The van der Waals surface area contributed by atoms with Gasteiger partial charge in [0.2, 0.25) is 0 Å². The lowest BCUT2D eigenvalue weighted by atomic mass is 10.0. The minimum absolute atomic E-state index is 0.255. The lowest BCUT2D eigenvalue weighted by Crippen LogP contribution is -2.04. The third-order valence-corrected chi connectivity index (χ3v) is 4.49. The smallest absolute Gasteiger partial charge is 0.336 e. The average molecular weight is 354 g/mol. The number of para-hydroxylation sites is 1. The van der Waals surface area contributed by atoms with Gasteiger partial charge in [0.15, 0.2) is 0 Å². The number of rotatable bonds is 4. The van der Waals surface area contributed by atoms with Crippen molar-refractivity contribution in [3.8, 4) is 28.2 Å². The van der Waals surface area contributed by atoms with Gasteiger partial charge in [0, 0.05) is 11.1 Å². The first kappa shape index (κ1) is 16.8. The van der Waals surface area contributed by atoms with Crippen molar-refractivity contribution in [3.63, 3.8) is 0 Å². The van der Waals surface area contributed by atoms with Crippen LogP contribution in [0.4, 0.5) is 0 Å². The Labute approximate surface area is 157 Å². The van der Waals surface area contributed by atoms with Gasteiger partial charge in [-0.3, -0.25) is 0 Å². The molecule has 1 aromatic heterocycles. The molecule has 0 saturated heterocycles. The summed E-state index contributed by atoms with van der Waals surface area (Å²) in [5, 5.41) is 14.4. The molecule has 0 saturated carbocycles. The van der Waals surface area contributed by atoms with E-state index >= 15 is 0 Å². The highest BCUT2D eigenvalue weighted by molar-refractivity contribution is 5.96. The molecule has 0 aliphatic carbocycles. The molecule has 27 heavy (non-hydrogen) atoms. The van der Waals surface area contributed by atoms with Crippen LogP contribution in [-0.4, -0.2) is 20.9 Å². The summed E-state index contributed by atoms with van der Waals surface area (Å²) >= 11 is 0. The van der Waals surface area contributed by atoms with Crippen molar-refractivity contribution >= 4 is 5.97 Å². The van der Waals surface area contributed by atoms with Crippen LogP contribution < -0.4 is 0 Å². The van der Waals surface area contributed by atoms with E-state index in [1.54, 1.807) is 16.8 Å². The first-order valence-electron chi connectivity index (χ1n) is 8.69. The molecule has 0 aliphatic rings. The van der Waals surface area contributed by atoms with E-state index in [0.717, 1.165) is 22.6 Å². The van der Waals surface area contributed by atoms with E-state index in [1.807, 2.05) is 79.7 Å². The molecular weight excluding hydrogens is 336 g/mol. The summed E-state index contributed by atoms with van der Waals surface area (Å²) in [7, 11) is 0. The van der Waals surface area contributed by atoms with Gasteiger partial charge in [-0.1, -0.05) is 66.2 Å². The van der Waals surface area contributed by atoms with Crippen LogP contribution in [-0.2, 0) is 0 Å². The fourth-order valence-electron chi connectivity index (χ4n) is 3.10. The number of aromatic nitrogens is 2. The topological polar surface area (TPSA) is 55.1 Å².